The molecule has 0 radical (unpaired) electrons. The molecule has 4 nitrogen and oxygen atoms in total. The van der Waals surface area contributed by atoms with Crippen molar-refractivity contribution in [2.45, 2.75) is 25.4 Å². The standard InChI is InChI=1S/C12H13NO3/c1-8-10-5-3-2-4-9(10)6-13(7-14)11(8)12(15)16/h2-5,7-8,11H,6H2,1H3,(H,15,16). The summed E-state index contributed by atoms with van der Waals surface area (Å²) in [6, 6.07) is 6.89. The molecule has 2 atom stereocenters. The van der Waals surface area contributed by atoms with Gasteiger partial charge in [0.2, 0.25) is 6.41 Å². The first-order valence-corrected chi connectivity index (χ1v) is 5.16. The molecule has 84 valence electrons. The maximum atomic E-state index is 11.1. The molecular formula is C12H13NO3. The largest absolute Gasteiger partial charge is 0.480 e. The lowest BCUT2D eigenvalue weighted by atomic mass is 9.85. The van der Waals surface area contributed by atoms with E-state index in [0.717, 1.165) is 11.1 Å². The first-order valence-electron chi connectivity index (χ1n) is 5.16. The average molecular weight is 219 g/mol. The Hall–Kier alpha value is -1.84. The summed E-state index contributed by atoms with van der Waals surface area (Å²) in [6.07, 6.45) is 0.616. The molecule has 1 aromatic carbocycles. The summed E-state index contributed by atoms with van der Waals surface area (Å²) in [5, 5.41) is 9.14. The normalized spacial score (nSPS) is 23.7. The van der Waals surface area contributed by atoms with Crippen LogP contribution >= 0.6 is 0 Å². The molecule has 2 unspecified atom stereocenters. The van der Waals surface area contributed by atoms with Crippen LogP contribution in [0, 0.1) is 0 Å². The Morgan fingerprint density at radius 3 is 2.81 bits per heavy atom. The van der Waals surface area contributed by atoms with Crippen LogP contribution in [0.2, 0.25) is 0 Å². The fraction of sp³-hybridized carbons (Fsp3) is 0.333. The molecule has 1 heterocycles. The first-order chi connectivity index (χ1) is 7.65. The fourth-order valence-electron chi connectivity index (χ4n) is 2.33. The molecule has 0 aromatic heterocycles. The SMILES string of the molecule is CC1c2ccccc2CN(C=O)C1C(=O)O. The predicted molar refractivity (Wildman–Crippen MR) is 57.9 cm³/mol. The highest BCUT2D eigenvalue weighted by Gasteiger charge is 2.36. The van der Waals surface area contributed by atoms with Gasteiger partial charge in [0.15, 0.2) is 0 Å². The van der Waals surface area contributed by atoms with E-state index in [-0.39, 0.29) is 5.92 Å². The zero-order valence-corrected chi connectivity index (χ0v) is 8.96. The molecule has 0 bridgehead atoms. The lowest BCUT2D eigenvalue weighted by Gasteiger charge is -2.36. The highest BCUT2D eigenvalue weighted by atomic mass is 16.4. The highest BCUT2D eigenvalue weighted by molar-refractivity contribution is 5.78. The average Bonchev–Trinajstić information content (AvgIpc) is 2.28. The monoisotopic (exact) mass is 219 g/mol. The van der Waals surface area contributed by atoms with Crippen LogP contribution in [0.25, 0.3) is 0 Å². The summed E-state index contributed by atoms with van der Waals surface area (Å²) in [6.45, 7) is 2.22. The summed E-state index contributed by atoms with van der Waals surface area (Å²) in [5.74, 6) is -1.12. The molecule has 0 saturated heterocycles. The van der Waals surface area contributed by atoms with Crippen molar-refractivity contribution in [2.24, 2.45) is 0 Å². The molecule has 1 amide bonds. The van der Waals surface area contributed by atoms with E-state index < -0.39 is 12.0 Å². The Balaban J connectivity index is 2.46. The Morgan fingerprint density at radius 1 is 1.50 bits per heavy atom. The summed E-state index contributed by atoms with van der Waals surface area (Å²) in [4.78, 5) is 23.4. The Labute approximate surface area is 93.5 Å². The molecule has 16 heavy (non-hydrogen) atoms. The predicted octanol–water partition coefficient (Wildman–Crippen LogP) is 1.22. The molecule has 1 aliphatic rings. The third kappa shape index (κ3) is 1.56. The third-order valence-corrected chi connectivity index (χ3v) is 3.12. The van der Waals surface area contributed by atoms with Crippen molar-refractivity contribution in [2.75, 3.05) is 0 Å². The zero-order valence-electron chi connectivity index (χ0n) is 8.96. The van der Waals surface area contributed by atoms with E-state index >= 15 is 0 Å². The molecule has 1 N–H and O–H groups in total. The number of carboxylic acids is 1. The van der Waals surface area contributed by atoms with E-state index in [1.807, 2.05) is 31.2 Å². The van der Waals surface area contributed by atoms with Crippen LogP contribution in [0.15, 0.2) is 24.3 Å². The Kier molecular flexibility index (Phi) is 2.64. The topological polar surface area (TPSA) is 57.6 Å². The molecule has 0 saturated carbocycles. The maximum absolute atomic E-state index is 11.1. The van der Waals surface area contributed by atoms with Gasteiger partial charge in [0, 0.05) is 12.5 Å². The van der Waals surface area contributed by atoms with Crippen LogP contribution in [-0.2, 0) is 16.1 Å². The van der Waals surface area contributed by atoms with Crippen LogP contribution in [-0.4, -0.2) is 28.4 Å². The van der Waals surface area contributed by atoms with Crippen molar-refractivity contribution in [3.63, 3.8) is 0 Å². The van der Waals surface area contributed by atoms with Crippen molar-refractivity contribution in [3.05, 3.63) is 35.4 Å². The van der Waals surface area contributed by atoms with Gasteiger partial charge in [0.05, 0.1) is 0 Å². The molecule has 0 fully saturated rings. The molecule has 2 rings (SSSR count). The van der Waals surface area contributed by atoms with Crippen LogP contribution < -0.4 is 0 Å². The number of carbonyl (C=O) groups excluding carboxylic acids is 1. The number of aliphatic carboxylic acids is 1. The van der Waals surface area contributed by atoms with Crippen molar-refractivity contribution < 1.29 is 14.7 Å². The van der Waals surface area contributed by atoms with Crippen LogP contribution in [0.5, 0.6) is 0 Å². The fourth-order valence-corrected chi connectivity index (χ4v) is 2.33. The number of carboxylic acid groups (broad SMARTS) is 1. The van der Waals surface area contributed by atoms with Gasteiger partial charge in [-0.05, 0) is 11.1 Å². The van der Waals surface area contributed by atoms with Gasteiger partial charge in [0.25, 0.3) is 0 Å². The molecule has 1 aliphatic heterocycles. The second kappa shape index (κ2) is 3.96. The number of carbonyl (C=O) groups is 2. The minimum Gasteiger partial charge on any atom is -0.480 e. The van der Waals surface area contributed by atoms with Crippen molar-refractivity contribution >= 4 is 12.4 Å². The van der Waals surface area contributed by atoms with E-state index in [1.165, 1.54) is 4.90 Å². The quantitative estimate of drug-likeness (QED) is 0.761. The summed E-state index contributed by atoms with van der Waals surface area (Å²) in [7, 11) is 0. The van der Waals surface area contributed by atoms with E-state index in [1.54, 1.807) is 0 Å². The lowest BCUT2D eigenvalue weighted by Crippen LogP contribution is -2.46. The van der Waals surface area contributed by atoms with Gasteiger partial charge in [0.1, 0.15) is 6.04 Å². The van der Waals surface area contributed by atoms with E-state index in [9.17, 15) is 9.59 Å². The van der Waals surface area contributed by atoms with Gasteiger partial charge in [-0.3, -0.25) is 4.79 Å². The van der Waals surface area contributed by atoms with Gasteiger partial charge >= 0.3 is 5.97 Å². The molecule has 0 aliphatic carbocycles. The van der Waals surface area contributed by atoms with Gasteiger partial charge in [-0.15, -0.1) is 0 Å². The van der Waals surface area contributed by atoms with Crippen molar-refractivity contribution in [1.82, 2.24) is 4.90 Å². The van der Waals surface area contributed by atoms with Crippen LogP contribution in [0.4, 0.5) is 0 Å². The highest BCUT2D eigenvalue weighted by Crippen LogP contribution is 2.32. The third-order valence-electron chi connectivity index (χ3n) is 3.12. The van der Waals surface area contributed by atoms with Crippen LogP contribution in [0.3, 0.4) is 0 Å². The minimum absolute atomic E-state index is 0.173. The second-order valence-corrected chi connectivity index (χ2v) is 4.05. The van der Waals surface area contributed by atoms with E-state index in [2.05, 4.69) is 0 Å². The summed E-state index contributed by atoms with van der Waals surface area (Å²) in [5.41, 5.74) is 2.05. The Morgan fingerprint density at radius 2 is 2.19 bits per heavy atom. The smallest absolute Gasteiger partial charge is 0.327 e. The Bertz CT molecular complexity index is 430. The van der Waals surface area contributed by atoms with Gasteiger partial charge in [-0.1, -0.05) is 31.2 Å². The molecule has 1 aromatic rings. The maximum Gasteiger partial charge on any atom is 0.327 e. The number of amides is 1. The minimum atomic E-state index is -0.950. The number of nitrogens with zero attached hydrogens (tertiary/aromatic N) is 1. The van der Waals surface area contributed by atoms with E-state index in [4.69, 9.17) is 5.11 Å². The number of hydrogen-bond acceptors (Lipinski definition) is 2. The molecule has 0 spiro atoms. The number of rotatable bonds is 2. The van der Waals surface area contributed by atoms with Crippen molar-refractivity contribution in [1.29, 1.82) is 0 Å². The number of fused-ring (bicyclic) bond motifs is 1. The second-order valence-electron chi connectivity index (χ2n) is 4.05. The van der Waals surface area contributed by atoms with Gasteiger partial charge < -0.3 is 10.0 Å². The first kappa shape index (κ1) is 10.7. The molecule has 4 heteroatoms. The number of hydrogen-bond donors (Lipinski definition) is 1. The van der Waals surface area contributed by atoms with Gasteiger partial charge in [-0.2, -0.15) is 0 Å². The number of benzene rings is 1. The summed E-state index contributed by atoms with van der Waals surface area (Å²) < 4.78 is 0. The van der Waals surface area contributed by atoms with Crippen molar-refractivity contribution in [3.8, 4) is 0 Å². The zero-order chi connectivity index (χ0) is 11.7. The molecular weight excluding hydrogens is 206 g/mol. The lowest BCUT2D eigenvalue weighted by molar-refractivity contribution is -0.148. The van der Waals surface area contributed by atoms with Gasteiger partial charge in [-0.25, -0.2) is 4.79 Å². The van der Waals surface area contributed by atoms with Crippen LogP contribution in [0.1, 0.15) is 24.0 Å². The van der Waals surface area contributed by atoms with E-state index in [0.29, 0.717) is 13.0 Å². The summed E-state index contributed by atoms with van der Waals surface area (Å²) >= 11 is 0.